The zero-order chi connectivity index (χ0) is 15.7. The maximum atomic E-state index is 12.4. The molecule has 0 aromatic heterocycles. The minimum atomic E-state index is -2.87. The van der Waals surface area contributed by atoms with Crippen LogP contribution in [0.5, 0.6) is 5.75 Å². The van der Waals surface area contributed by atoms with Gasteiger partial charge in [-0.1, -0.05) is 32.0 Å². The average Bonchev–Trinajstić information content (AvgIpc) is 2.48. The number of likely N-dealkylation sites (N-methyl/N-ethyl adjacent to an activating group) is 1. The monoisotopic (exact) mass is 302 g/mol. The normalized spacial score (nSPS) is 12.9. The van der Waals surface area contributed by atoms with E-state index in [2.05, 4.69) is 28.8 Å². The maximum Gasteiger partial charge on any atom is 0.387 e. The predicted molar refractivity (Wildman–Crippen MR) is 78.7 cm³/mol. The van der Waals surface area contributed by atoms with Gasteiger partial charge in [-0.3, -0.25) is 0 Å². The van der Waals surface area contributed by atoms with E-state index in [9.17, 15) is 13.9 Å². The number of hydrogen-bond acceptors (Lipinski definition) is 4. The summed E-state index contributed by atoms with van der Waals surface area (Å²) in [5.74, 6) is 0.0990. The molecule has 2 N–H and O–H groups in total. The molecule has 0 saturated heterocycles. The highest BCUT2D eigenvalue weighted by atomic mass is 19.3. The molecule has 1 rings (SSSR count). The maximum absolute atomic E-state index is 12.4. The topological polar surface area (TPSA) is 44.7 Å². The van der Waals surface area contributed by atoms with Crippen molar-refractivity contribution in [2.24, 2.45) is 0 Å². The number of benzene rings is 1. The van der Waals surface area contributed by atoms with Gasteiger partial charge in [0.25, 0.3) is 0 Å². The van der Waals surface area contributed by atoms with E-state index in [0.29, 0.717) is 12.1 Å². The number of aliphatic hydroxyl groups excluding tert-OH is 1. The van der Waals surface area contributed by atoms with Crippen LogP contribution in [0.1, 0.15) is 25.5 Å². The molecule has 0 aliphatic rings. The van der Waals surface area contributed by atoms with E-state index in [4.69, 9.17) is 0 Å². The van der Waals surface area contributed by atoms with Crippen LogP contribution in [0.15, 0.2) is 24.3 Å². The van der Waals surface area contributed by atoms with Gasteiger partial charge in [0.2, 0.25) is 0 Å². The molecule has 1 aromatic carbocycles. The van der Waals surface area contributed by atoms with Gasteiger partial charge in [0, 0.05) is 18.7 Å². The molecule has 0 bridgehead atoms. The molecule has 0 radical (unpaired) electrons. The predicted octanol–water partition coefficient (Wildman–Crippen LogP) is 2.25. The van der Waals surface area contributed by atoms with E-state index in [0.717, 1.165) is 19.6 Å². The number of alkyl halides is 2. The van der Waals surface area contributed by atoms with Crippen molar-refractivity contribution in [1.29, 1.82) is 0 Å². The first-order valence-electron chi connectivity index (χ1n) is 7.22. The minimum Gasteiger partial charge on any atom is -0.434 e. The Balaban J connectivity index is 2.67. The summed E-state index contributed by atoms with van der Waals surface area (Å²) in [7, 11) is 0. The Labute approximate surface area is 124 Å². The highest BCUT2D eigenvalue weighted by Crippen LogP contribution is 2.26. The zero-order valence-corrected chi connectivity index (χ0v) is 12.6. The molecule has 0 heterocycles. The molecule has 4 nitrogen and oxygen atoms in total. The third-order valence-corrected chi connectivity index (χ3v) is 3.41. The molecule has 0 spiro atoms. The second-order valence-corrected chi connectivity index (χ2v) is 4.63. The molecule has 21 heavy (non-hydrogen) atoms. The van der Waals surface area contributed by atoms with Crippen molar-refractivity contribution in [3.05, 3.63) is 29.8 Å². The van der Waals surface area contributed by atoms with E-state index in [1.165, 1.54) is 6.07 Å². The highest BCUT2D eigenvalue weighted by Gasteiger charge is 2.17. The van der Waals surface area contributed by atoms with Crippen molar-refractivity contribution >= 4 is 0 Å². The molecular weight excluding hydrogens is 278 g/mol. The van der Waals surface area contributed by atoms with E-state index < -0.39 is 12.7 Å². The fourth-order valence-corrected chi connectivity index (χ4v) is 2.18. The lowest BCUT2D eigenvalue weighted by Crippen LogP contribution is -2.35. The average molecular weight is 302 g/mol. The number of halogens is 2. The molecule has 6 heteroatoms. The Hall–Kier alpha value is -1.24. The van der Waals surface area contributed by atoms with Crippen LogP contribution in [0.3, 0.4) is 0 Å². The Morgan fingerprint density at radius 1 is 1.24 bits per heavy atom. The van der Waals surface area contributed by atoms with Gasteiger partial charge in [-0.15, -0.1) is 0 Å². The summed E-state index contributed by atoms with van der Waals surface area (Å²) in [6.45, 7) is 4.51. The van der Waals surface area contributed by atoms with Crippen LogP contribution in [-0.2, 0) is 0 Å². The lowest BCUT2D eigenvalue weighted by atomic mass is 10.1. The van der Waals surface area contributed by atoms with Crippen LogP contribution in [0.25, 0.3) is 0 Å². The van der Waals surface area contributed by atoms with Gasteiger partial charge in [-0.2, -0.15) is 8.78 Å². The zero-order valence-electron chi connectivity index (χ0n) is 12.6. The van der Waals surface area contributed by atoms with Crippen molar-refractivity contribution in [2.75, 3.05) is 32.8 Å². The molecule has 1 aromatic rings. The number of hydrogen-bond donors (Lipinski definition) is 2. The third kappa shape index (κ3) is 5.95. The van der Waals surface area contributed by atoms with Crippen LogP contribution in [0.2, 0.25) is 0 Å². The van der Waals surface area contributed by atoms with Gasteiger partial charge in [0.05, 0.1) is 12.6 Å². The van der Waals surface area contributed by atoms with Crippen LogP contribution < -0.4 is 10.1 Å². The molecule has 1 unspecified atom stereocenters. The molecule has 120 valence electrons. The van der Waals surface area contributed by atoms with E-state index in [1.807, 2.05) is 0 Å². The van der Waals surface area contributed by atoms with Crippen molar-refractivity contribution in [3.8, 4) is 5.75 Å². The van der Waals surface area contributed by atoms with Gasteiger partial charge >= 0.3 is 6.61 Å². The number of nitrogens with one attached hydrogen (secondary N) is 1. The van der Waals surface area contributed by atoms with Crippen LogP contribution in [0.4, 0.5) is 8.78 Å². The summed E-state index contributed by atoms with van der Waals surface area (Å²) >= 11 is 0. The first-order chi connectivity index (χ1) is 10.1. The number of nitrogens with zero attached hydrogens (tertiary/aromatic N) is 1. The van der Waals surface area contributed by atoms with E-state index >= 15 is 0 Å². The van der Waals surface area contributed by atoms with Gasteiger partial charge in [-0.25, -0.2) is 0 Å². The van der Waals surface area contributed by atoms with Gasteiger partial charge < -0.3 is 20.1 Å². The summed E-state index contributed by atoms with van der Waals surface area (Å²) in [6.07, 6.45) is 0. The first kappa shape index (κ1) is 17.8. The lowest BCUT2D eigenvalue weighted by molar-refractivity contribution is -0.0508. The number of rotatable bonds is 10. The Morgan fingerprint density at radius 3 is 2.48 bits per heavy atom. The molecule has 0 fully saturated rings. The molecule has 0 aliphatic heterocycles. The second kappa shape index (κ2) is 9.65. The summed E-state index contributed by atoms with van der Waals surface area (Å²) in [5.41, 5.74) is 0.542. The number of ether oxygens (including phenoxy) is 1. The van der Waals surface area contributed by atoms with Crippen molar-refractivity contribution in [1.82, 2.24) is 10.2 Å². The number of aliphatic hydroxyl groups is 1. The Bertz CT molecular complexity index is 401. The molecule has 0 amide bonds. The van der Waals surface area contributed by atoms with Gasteiger partial charge in [0.15, 0.2) is 0 Å². The van der Waals surface area contributed by atoms with Crippen LogP contribution >= 0.6 is 0 Å². The summed E-state index contributed by atoms with van der Waals surface area (Å²) in [5, 5.41) is 12.7. The molecule has 0 saturated carbocycles. The summed E-state index contributed by atoms with van der Waals surface area (Å²) < 4.78 is 29.3. The second-order valence-electron chi connectivity index (χ2n) is 4.63. The minimum absolute atomic E-state index is 0.0990. The largest absolute Gasteiger partial charge is 0.434 e. The van der Waals surface area contributed by atoms with Crippen LogP contribution in [-0.4, -0.2) is 49.4 Å². The Morgan fingerprint density at radius 2 is 1.90 bits per heavy atom. The van der Waals surface area contributed by atoms with Gasteiger partial charge in [-0.05, 0) is 19.2 Å². The highest BCUT2D eigenvalue weighted by molar-refractivity contribution is 5.36. The van der Waals surface area contributed by atoms with Crippen molar-refractivity contribution < 1.29 is 18.6 Å². The lowest BCUT2D eigenvalue weighted by Gasteiger charge is -2.23. The SMILES string of the molecule is CCN(CC)CCNC(CO)c1ccccc1OC(F)F. The third-order valence-electron chi connectivity index (χ3n) is 3.41. The van der Waals surface area contributed by atoms with Crippen molar-refractivity contribution in [3.63, 3.8) is 0 Å². The van der Waals surface area contributed by atoms with Crippen LogP contribution in [0, 0.1) is 0 Å². The fourth-order valence-electron chi connectivity index (χ4n) is 2.18. The van der Waals surface area contributed by atoms with E-state index in [-0.39, 0.29) is 12.4 Å². The summed E-state index contributed by atoms with van der Waals surface area (Å²) in [4.78, 5) is 2.24. The molecule has 1 atom stereocenters. The van der Waals surface area contributed by atoms with Gasteiger partial charge in [0.1, 0.15) is 5.75 Å². The number of para-hydroxylation sites is 1. The molecule has 0 aliphatic carbocycles. The standard InChI is InChI=1S/C15H24F2N2O2/c1-3-19(4-2)10-9-18-13(11-20)12-7-5-6-8-14(12)21-15(16)17/h5-8,13,15,18,20H,3-4,9-11H2,1-2H3. The quantitative estimate of drug-likeness (QED) is 0.696. The van der Waals surface area contributed by atoms with Crippen molar-refractivity contribution in [2.45, 2.75) is 26.5 Å². The smallest absolute Gasteiger partial charge is 0.387 e. The summed E-state index contributed by atoms with van der Waals surface area (Å²) in [6, 6.07) is 6.11. The molecular formula is C15H24F2N2O2. The Kier molecular flexibility index (Phi) is 8.19. The van der Waals surface area contributed by atoms with E-state index in [1.54, 1.807) is 18.2 Å². The fraction of sp³-hybridized carbons (Fsp3) is 0.600. The first-order valence-corrected chi connectivity index (χ1v) is 7.22.